The lowest BCUT2D eigenvalue weighted by molar-refractivity contribution is -0.132. The maximum atomic E-state index is 13.4. The molecule has 4 rings (SSSR count). The molecule has 178 valence electrons. The van der Waals surface area contributed by atoms with Crippen molar-refractivity contribution in [3.05, 3.63) is 48.7 Å². The van der Waals surface area contributed by atoms with E-state index in [9.17, 15) is 17.6 Å². The lowest BCUT2D eigenvalue weighted by Crippen LogP contribution is -2.55. The SMILES string of the molecule is CC[C@@H]1C(=N)N(C(C)=N)c2cnc(-n3ccnc3-c3ccc(F)cc3)nc2N1CCC(F)(F)F. The van der Waals surface area contributed by atoms with E-state index in [2.05, 4.69) is 15.0 Å². The molecule has 8 nitrogen and oxygen atoms in total. The molecule has 0 radical (unpaired) electrons. The highest BCUT2D eigenvalue weighted by molar-refractivity contribution is 6.21. The molecule has 3 aromatic rings. The standard InChI is InChI=1S/C22H22F4N8/c1-3-16-18(28)34(13(2)27)17-12-30-21(31-20(17)32(16)10-8-22(24,25)26)33-11-9-29-19(33)14-4-6-15(23)7-5-14/h4-7,9,11-12,16,27-28H,3,8,10H2,1-2H3/t16-/m1/s1. The Morgan fingerprint density at radius 1 is 1.15 bits per heavy atom. The Morgan fingerprint density at radius 3 is 2.47 bits per heavy atom. The summed E-state index contributed by atoms with van der Waals surface area (Å²) >= 11 is 0. The van der Waals surface area contributed by atoms with Crippen molar-refractivity contribution in [2.75, 3.05) is 16.3 Å². The molecule has 0 bridgehead atoms. The van der Waals surface area contributed by atoms with Crippen LogP contribution in [0, 0.1) is 16.6 Å². The molecular formula is C22H22F4N8. The fourth-order valence-electron chi connectivity index (χ4n) is 3.98. The number of aromatic nitrogens is 4. The zero-order valence-electron chi connectivity index (χ0n) is 18.4. The van der Waals surface area contributed by atoms with Gasteiger partial charge < -0.3 is 4.90 Å². The minimum Gasteiger partial charge on any atom is -0.344 e. The third-order valence-corrected chi connectivity index (χ3v) is 5.50. The Balaban J connectivity index is 1.84. The van der Waals surface area contributed by atoms with Gasteiger partial charge in [0.25, 0.3) is 0 Å². The second kappa shape index (κ2) is 8.84. The van der Waals surface area contributed by atoms with Gasteiger partial charge in [0.2, 0.25) is 5.95 Å². The number of nitrogens with one attached hydrogen (secondary N) is 2. The number of benzene rings is 1. The molecule has 2 aromatic heterocycles. The number of rotatable bonds is 5. The van der Waals surface area contributed by atoms with E-state index in [0.29, 0.717) is 17.8 Å². The van der Waals surface area contributed by atoms with Crippen LogP contribution < -0.4 is 9.80 Å². The number of imidazole rings is 1. The topological polar surface area (TPSA) is 97.8 Å². The van der Waals surface area contributed by atoms with E-state index < -0.39 is 31.0 Å². The molecule has 0 spiro atoms. The minimum atomic E-state index is -4.38. The van der Waals surface area contributed by atoms with E-state index in [1.165, 1.54) is 41.2 Å². The Morgan fingerprint density at radius 2 is 1.85 bits per heavy atom. The van der Waals surface area contributed by atoms with Gasteiger partial charge in [0.05, 0.1) is 18.7 Å². The summed E-state index contributed by atoms with van der Waals surface area (Å²) in [7, 11) is 0. The van der Waals surface area contributed by atoms with Crippen LogP contribution in [0.4, 0.5) is 29.1 Å². The van der Waals surface area contributed by atoms with Gasteiger partial charge in [0.15, 0.2) is 5.82 Å². The van der Waals surface area contributed by atoms with Crippen LogP contribution in [0.15, 0.2) is 42.9 Å². The smallest absolute Gasteiger partial charge is 0.344 e. The van der Waals surface area contributed by atoms with Crippen LogP contribution in [0.5, 0.6) is 0 Å². The molecule has 1 aliphatic rings. The highest BCUT2D eigenvalue weighted by Crippen LogP contribution is 2.37. The van der Waals surface area contributed by atoms with Gasteiger partial charge in [-0.3, -0.25) is 20.3 Å². The van der Waals surface area contributed by atoms with E-state index in [-0.39, 0.29) is 29.1 Å². The van der Waals surface area contributed by atoms with Crippen molar-refractivity contribution in [2.45, 2.75) is 38.9 Å². The third kappa shape index (κ3) is 4.35. The number of nitrogens with zero attached hydrogens (tertiary/aromatic N) is 6. The molecule has 3 heterocycles. The number of halogens is 4. The second-order valence-corrected chi connectivity index (χ2v) is 7.80. The molecule has 0 saturated heterocycles. The van der Waals surface area contributed by atoms with Gasteiger partial charge in [-0.25, -0.2) is 14.4 Å². The van der Waals surface area contributed by atoms with E-state index in [0.717, 1.165) is 0 Å². The molecule has 1 aliphatic heterocycles. The van der Waals surface area contributed by atoms with Crippen LogP contribution in [0.2, 0.25) is 0 Å². The van der Waals surface area contributed by atoms with Gasteiger partial charge >= 0.3 is 6.18 Å². The molecule has 1 atom stereocenters. The number of alkyl halides is 3. The molecule has 2 N–H and O–H groups in total. The summed E-state index contributed by atoms with van der Waals surface area (Å²) in [5, 5.41) is 16.7. The van der Waals surface area contributed by atoms with Gasteiger partial charge in [-0.1, -0.05) is 6.92 Å². The number of anilines is 2. The van der Waals surface area contributed by atoms with Crippen LogP contribution in [-0.2, 0) is 0 Å². The molecule has 12 heteroatoms. The zero-order chi connectivity index (χ0) is 24.6. The maximum Gasteiger partial charge on any atom is 0.390 e. The van der Waals surface area contributed by atoms with Crippen molar-refractivity contribution >= 4 is 23.2 Å². The molecule has 0 fully saturated rings. The highest BCUT2D eigenvalue weighted by Gasteiger charge is 2.39. The van der Waals surface area contributed by atoms with Crippen molar-refractivity contribution < 1.29 is 17.6 Å². The van der Waals surface area contributed by atoms with E-state index in [1.54, 1.807) is 29.8 Å². The predicted molar refractivity (Wildman–Crippen MR) is 120 cm³/mol. The van der Waals surface area contributed by atoms with Gasteiger partial charge in [0, 0.05) is 24.5 Å². The summed E-state index contributed by atoms with van der Waals surface area (Å²) in [5.41, 5.74) is 0.864. The third-order valence-electron chi connectivity index (χ3n) is 5.50. The first kappa shape index (κ1) is 23.3. The summed E-state index contributed by atoms with van der Waals surface area (Å²) in [6, 6.07) is 5.00. The highest BCUT2D eigenvalue weighted by atomic mass is 19.4. The lowest BCUT2D eigenvalue weighted by atomic mass is 10.1. The van der Waals surface area contributed by atoms with Crippen molar-refractivity contribution in [3.8, 4) is 17.3 Å². The first-order valence-corrected chi connectivity index (χ1v) is 10.5. The van der Waals surface area contributed by atoms with Gasteiger partial charge in [-0.15, -0.1) is 0 Å². The number of fused-ring (bicyclic) bond motifs is 1. The summed E-state index contributed by atoms with van der Waals surface area (Å²) < 4.78 is 54.2. The Labute approximate surface area is 192 Å². The van der Waals surface area contributed by atoms with Gasteiger partial charge in [-0.2, -0.15) is 18.2 Å². The Kier molecular flexibility index (Phi) is 6.07. The van der Waals surface area contributed by atoms with Crippen molar-refractivity contribution in [1.29, 1.82) is 10.8 Å². The second-order valence-electron chi connectivity index (χ2n) is 7.80. The molecule has 0 unspecified atom stereocenters. The number of hydrogen-bond acceptors (Lipinski definition) is 6. The summed E-state index contributed by atoms with van der Waals surface area (Å²) in [6.45, 7) is 2.87. The molecule has 34 heavy (non-hydrogen) atoms. The molecular weight excluding hydrogens is 452 g/mol. The maximum absolute atomic E-state index is 13.4. The summed E-state index contributed by atoms with van der Waals surface area (Å²) in [5.74, 6) is 0.405. The van der Waals surface area contributed by atoms with Crippen LogP contribution in [0.25, 0.3) is 17.3 Å². The van der Waals surface area contributed by atoms with Gasteiger partial charge in [-0.05, 0) is 37.6 Å². The fraction of sp³-hybridized carbons (Fsp3) is 0.318. The van der Waals surface area contributed by atoms with Crippen molar-refractivity contribution in [3.63, 3.8) is 0 Å². The first-order valence-electron chi connectivity index (χ1n) is 10.5. The normalized spacial score (nSPS) is 16.1. The average molecular weight is 474 g/mol. The Bertz CT molecular complexity index is 1220. The first-order chi connectivity index (χ1) is 16.1. The van der Waals surface area contributed by atoms with Crippen LogP contribution in [-0.4, -0.2) is 50.0 Å². The van der Waals surface area contributed by atoms with Gasteiger partial charge in [0.1, 0.15) is 29.0 Å². The van der Waals surface area contributed by atoms with E-state index in [1.807, 2.05) is 0 Å². The number of amidine groups is 2. The molecule has 1 aromatic carbocycles. The summed E-state index contributed by atoms with van der Waals surface area (Å²) in [6.07, 6.45) is -0.601. The predicted octanol–water partition coefficient (Wildman–Crippen LogP) is 4.80. The quantitative estimate of drug-likeness (QED) is 0.315. The lowest BCUT2D eigenvalue weighted by Gasteiger charge is -2.43. The Hall–Kier alpha value is -3.83. The zero-order valence-corrected chi connectivity index (χ0v) is 18.4. The van der Waals surface area contributed by atoms with Crippen molar-refractivity contribution in [2.24, 2.45) is 0 Å². The van der Waals surface area contributed by atoms with E-state index in [4.69, 9.17) is 10.8 Å². The average Bonchev–Trinajstić information content (AvgIpc) is 3.26. The summed E-state index contributed by atoms with van der Waals surface area (Å²) in [4.78, 5) is 16.0. The molecule has 0 amide bonds. The van der Waals surface area contributed by atoms with Crippen LogP contribution in [0.1, 0.15) is 26.7 Å². The molecule has 0 saturated carbocycles. The fourth-order valence-corrected chi connectivity index (χ4v) is 3.98. The van der Waals surface area contributed by atoms with E-state index >= 15 is 0 Å². The van der Waals surface area contributed by atoms with Crippen LogP contribution in [0.3, 0.4) is 0 Å². The largest absolute Gasteiger partial charge is 0.390 e. The monoisotopic (exact) mass is 474 g/mol. The van der Waals surface area contributed by atoms with Crippen molar-refractivity contribution in [1.82, 2.24) is 19.5 Å². The number of hydrogen-bond donors (Lipinski definition) is 2. The molecule has 0 aliphatic carbocycles. The minimum absolute atomic E-state index is 0.00402. The van der Waals surface area contributed by atoms with Crippen LogP contribution >= 0.6 is 0 Å².